The number of nitrogens with zero attached hydrogens (tertiary/aromatic N) is 9. The van der Waals surface area contributed by atoms with Crippen LogP contribution in [0.3, 0.4) is 0 Å². The number of anilines is 20. The predicted molar refractivity (Wildman–Crippen MR) is 530 cm³/mol. The molecule has 0 radical (unpaired) electrons. The predicted octanol–water partition coefficient (Wildman–Crippen LogP) is 21.1. The van der Waals surface area contributed by atoms with E-state index in [-0.39, 0.29) is 76.1 Å². The quantitative estimate of drug-likeness (QED) is 0.0170. The third-order valence-electron chi connectivity index (χ3n) is 17.0. The van der Waals surface area contributed by atoms with Crippen molar-refractivity contribution < 1.29 is 33.5 Å². The molecule has 4 heterocycles. The highest BCUT2D eigenvalue weighted by atomic mass is 35.5. The zero-order valence-electron chi connectivity index (χ0n) is 69.3. The number of methoxy groups -OCH3 is 1. The monoisotopic (exact) mass is 1820 g/mol. The van der Waals surface area contributed by atoms with Gasteiger partial charge in [0, 0.05) is 90.5 Å². The van der Waals surface area contributed by atoms with Gasteiger partial charge in [-0.15, -0.1) is 0 Å². The van der Waals surface area contributed by atoms with E-state index in [0.29, 0.717) is 138 Å². The van der Waals surface area contributed by atoms with Crippen molar-refractivity contribution >= 4 is 197 Å². The summed E-state index contributed by atoms with van der Waals surface area (Å²) in [6, 6.07) is 56.7. The van der Waals surface area contributed by atoms with Crippen LogP contribution in [0.1, 0.15) is 75.4 Å². The largest absolute Gasteiger partial charge is 0.494 e. The van der Waals surface area contributed by atoms with Crippen LogP contribution in [-0.4, -0.2) is 129 Å². The first-order valence-electron chi connectivity index (χ1n) is 38.4. The van der Waals surface area contributed by atoms with Gasteiger partial charge in [-0.25, -0.2) is 19.9 Å². The van der Waals surface area contributed by atoms with Crippen molar-refractivity contribution in [2.24, 2.45) is 5.92 Å². The number of ether oxygens (including phenoxy) is 1. The van der Waals surface area contributed by atoms with E-state index in [0.717, 1.165) is 34.7 Å². The second-order valence-corrected chi connectivity index (χ2v) is 28.8. The number of nitrogens with one attached hydrogen (secondary N) is 15. The number of halogens is 4. The molecule has 0 fully saturated rings. The summed E-state index contributed by atoms with van der Waals surface area (Å²) in [7, 11) is 10.4. The van der Waals surface area contributed by atoms with Gasteiger partial charge >= 0.3 is 0 Å². The van der Waals surface area contributed by atoms with Crippen LogP contribution in [0, 0.1) is 5.92 Å². The Morgan fingerprint density at radius 3 is 1.09 bits per heavy atom. The van der Waals surface area contributed by atoms with E-state index in [1.165, 1.54) is 55.6 Å². The molecular weight excluding hydrogens is 1720 g/mol. The molecule has 15 N–H and O–H groups in total. The third kappa shape index (κ3) is 33.2. The maximum absolute atomic E-state index is 12.1. The molecule has 31 nitrogen and oxygen atoms in total. The fourth-order valence-corrected chi connectivity index (χ4v) is 11.8. The summed E-state index contributed by atoms with van der Waals surface area (Å²) in [5.74, 6) is 2.35. The van der Waals surface area contributed by atoms with Crippen molar-refractivity contribution in [3.05, 3.63) is 305 Å². The van der Waals surface area contributed by atoms with E-state index in [2.05, 4.69) is 159 Å². The van der Waals surface area contributed by atoms with E-state index in [1.54, 1.807) is 136 Å². The Balaban J connectivity index is 0.000000302. The zero-order chi connectivity index (χ0) is 89.7. The van der Waals surface area contributed by atoms with Gasteiger partial charge < -0.3 is 89.4 Å². The highest BCUT2D eigenvalue weighted by Crippen LogP contribution is 2.35. The molecule has 0 bridgehead atoms. The van der Waals surface area contributed by atoms with E-state index in [4.69, 9.17) is 51.1 Å². The first-order chi connectivity index (χ1) is 60.3. The Bertz CT molecular complexity index is 5850. The van der Waals surface area contributed by atoms with Gasteiger partial charge in [0.1, 0.15) is 25.8 Å². The lowest BCUT2D eigenvalue weighted by atomic mass is 10.0. The van der Waals surface area contributed by atoms with Gasteiger partial charge in [-0.05, 0) is 166 Å². The van der Waals surface area contributed by atoms with Crippen molar-refractivity contribution in [3.8, 4) is 5.75 Å². The number of para-hydroxylation sites is 4. The first-order valence-corrected chi connectivity index (χ1v) is 39.9. The van der Waals surface area contributed by atoms with Crippen molar-refractivity contribution in [2.75, 3.05) is 113 Å². The molecule has 12 aromatic rings. The molecule has 6 amide bonds. The molecule has 0 saturated heterocycles. The summed E-state index contributed by atoms with van der Waals surface area (Å²) >= 11 is 25.2. The summed E-state index contributed by atoms with van der Waals surface area (Å²) in [6.07, 6.45) is 13.8. The van der Waals surface area contributed by atoms with Crippen LogP contribution in [0.5, 0.6) is 5.75 Å². The van der Waals surface area contributed by atoms with E-state index >= 15 is 0 Å². The minimum Gasteiger partial charge on any atom is -0.494 e. The fraction of sp³-hybridized carbons (Fsp3) is 0.170. The van der Waals surface area contributed by atoms with Gasteiger partial charge in [0.15, 0.2) is 23.3 Å². The average Bonchev–Trinajstić information content (AvgIpc) is 0.822. The second kappa shape index (κ2) is 53.5. The molecule has 0 unspecified atom stereocenters. The number of amides is 6. The summed E-state index contributed by atoms with van der Waals surface area (Å²) in [4.78, 5) is 108. The molecule has 4 aromatic heterocycles. The number of aromatic nitrogens is 8. The summed E-state index contributed by atoms with van der Waals surface area (Å²) < 4.78 is 5.40. The molecule has 0 aliphatic heterocycles. The van der Waals surface area contributed by atoms with Crippen LogP contribution in [-0.2, 0) is 32.1 Å². The minimum atomic E-state index is -0.332. The fourth-order valence-electron chi connectivity index (χ4n) is 11.2. The molecule has 0 spiro atoms. The van der Waals surface area contributed by atoms with Crippen LogP contribution in [0.2, 0.25) is 20.1 Å². The van der Waals surface area contributed by atoms with E-state index in [1.807, 2.05) is 98.8 Å². The lowest BCUT2D eigenvalue weighted by molar-refractivity contribution is -0.112. The van der Waals surface area contributed by atoms with Gasteiger partial charge in [0.05, 0.1) is 60.1 Å². The van der Waals surface area contributed by atoms with Crippen molar-refractivity contribution in [2.45, 2.75) is 56.5 Å². The van der Waals surface area contributed by atoms with Crippen LogP contribution in [0.4, 0.5) is 115 Å². The average molecular weight is 1830 g/mol. The molecule has 12 rings (SSSR count). The van der Waals surface area contributed by atoms with Crippen molar-refractivity contribution in [1.29, 1.82) is 0 Å². The van der Waals surface area contributed by atoms with Crippen molar-refractivity contribution in [1.82, 2.24) is 60.7 Å². The lowest BCUT2D eigenvalue weighted by Crippen LogP contribution is -2.19. The SMILES string of the molecule is C.C.C.C.C=CC(=O)Nc1ccc(Nc2ncc(Cl)c(Nc3ccccc3C(=O)NC)n2)c(OC)c1.C=CC(=O)Nc1cccc(Nc2ncc(Cl)c(Nc3ccccc3CC(C)C)n2)c1.C=CC(=O)Nc1cccc(Nc2ncc(Cl)c(Nc3ccccc3CNC)n2)c1.CNC(=O)c1ccccc1Nc1nc(Nc2cccc(NC(=O)/C=C/CN(C)C)c2)ncc1Cl. The Morgan fingerprint density at radius 1 is 0.395 bits per heavy atom. The molecule has 0 aliphatic carbocycles. The summed E-state index contributed by atoms with van der Waals surface area (Å²) in [5, 5.41) is 45.8. The maximum atomic E-state index is 12.1. The molecule has 35 heteroatoms. The second-order valence-electron chi connectivity index (χ2n) is 27.1. The number of hydrogen-bond donors (Lipinski definition) is 15. The van der Waals surface area contributed by atoms with Gasteiger partial charge in [-0.1, -0.05) is 195 Å². The standard InChI is InChI=1S/C24H26ClN7O2.C23H24ClN5O.C22H21ClN6O3.C21H21ClN6O.4CH4/c1-26-23(34)18-10-4-5-11-20(18)30-22-19(25)15-27-24(31-22)29-17-9-6-8-16(14-17)28-21(33)12-7-13-32(2)3;1-4-21(30)26-17-9-7-10-18(13-17)27-23-25-14-19(24)22(29-23)28-20-11-6-5-8-16(20)12-15(2)3;1-4-19(30)26-13-9-10-17(18(11-13)32-3)28-22-25-12-15(23)20(29-22)27-16-8-6-5-7-14(16)21(31)24-2;1-3-19(29)25-15-8-6-9-16(11-15)26-21-24-13-17(22)20(28-21)27-18-10-5-4-7-14(18)12-23-2;;;;/h4-12,14-15H,13H2,1-3H3,(H,26,34)(H,28,33)(H2,27,29,30,31);4-11,13-15H,1,12H2,2-3H3,(H,26,30)(H2,25,27,28,29);4-12H,1H2,2-3H3,(H,24,31)(H,26,30)(H2,25,27,28,29);3-11,13,23H,1,12H2,2H3,(H,25,29)(H2,24,26,27,28);4*1H4/b12-7+;;;;;;;. The van der Waals surface area contributed by atoms with Gasteiger partial charge in [-0.2, -0.15) is 19.9 Å². The molecule has 8 aromatic carbocycles. The zero-order valence-corrected chi connectivity index (χ0v) is 72.3. The Morgan fingerprint density at radius 2 is 0.729 bits per heavy atom. The Labute approximate surface area is 772 Å². The van der Waals surface area contributed by atoms with Crippen LogP contribution in [0.15, 0.2) is 263 Å². The van der Waals surface area contributed by atoms with E-state index < -0.39 is 0 Å². The molecule has 0 saturated carbocycles. The van der Waals surface area contributed by atoms with Gasteiger partial charge in [-0.3, -0.25) is 28.8 Å². The van der Waals surface area contributed by atoms with Crippen molar-refractivity contribution in [3.63, 3.8) is 0 Å². The third-order valence-corrected chi connectivity index (χ3v) is 18.1. The highest BCUT2D eigenvalue weighted by Gasteiger charge is 2.19. The van der Waals surface area contributed by atoms with Gasteiger partial charge in [0.25, 0.3) is 11.8 Å². The number of hydrogen-bond acceptors (Lipinski definition) is 25. The van der Waals surface area contributed by atoms with Crippen LogP contribution in [0.25, 0.3) is 0 Å². The number of benzene rings is 8. The molecule has 129 heavy (non-hydrogen) atoms. The highest BCUT2D eigenvalue weighted by molar-refractivity contribution is 6.34. The number of likely N-dealkylation sites (N-methyl/N-ethyl adjacent to an activating group) is 1. The summed E-state index contributed by atoms with van der Waals surface area (Å²) in [5.41, 5.74) is 11.3. The molecule has 0 aliphatic rings. The number of carbonyl (C=O) groups is 6. The lowest BCUT2D eigenvalue weighted by Gasteiger charge is -2.15. The normalized spacial score (nSPS) is 10.1. The topological polar surface area (TPSA) is 398 Å². The summed E-state index contributed by atoms with van der Waals surface area (Å²) in [6.45, 7) is 16.1. The van der Waals surface area contributed by atoms with Crippen LogP contribution >= 0.6 is 46.4 Å². The van der Waals surface area contributed by atoms with E-state index in [9.17, 15) is 28.8 Å². The van der Waals surface area contributed by atoms with Gasteiger partial charge in [0.2, 0.25) is 47.4 Å². The first kappa shape index (κ1) is 105. The maximum Gasteiger partial charge on any atom is 0.253 e. The Hall–Kier alpha value is -14.9. The Kier molecular flexibility index (Phi) is 43.4. The molecular formula is C94H108Cl4N24O7. The van der Waals surface area contributed by atoms with Crippen LogP contribution < -0.4 is 84.5 Å². The minimum absolute atomic E-state index is 0. The number of carbonyl (C=O) groups excluding carboxylic acids is 6. The smallest absolute Gasteiger partial charge is 0.253 e. The molecule has 0 atom stereocenters. The molecule has 674 valence electrons. The number of rotatable bonds is 33.